The van der Waals surface area contributed by atoms with E-state index in [1.54, 1.807) is 31.2 Å². The first-order chi connectivity index (χ1) is 13.8. The van der Waals surface area contributed by atoms with Crippen molar-refractivity contribution in [2.45, 2.75) is 19.9 Å². The van der Waals surface area contributed by atoms with Crippen molar-refractivity contribution in [1.82, 2.24) is 9.55 Å². The fraction of sp³-hybridized carbons (Fsp3) is 0.200. The smallest absolute Gasteiger partial charge is 0.294 e. The molecule has 3 rings (SSSR count). The van der Waals surface area contributed by atoms with Crippen LogP contribution in [0.2, 0.25) is 0 Å². The van der Waals surface area contributed by atoms with Crippen LogP contribution in [0.25, 0.3) is 11.0 Å². The normalized spacial score (nSPS) is 10.8. The maximum atomic E-state index is 13.8. The molecule has 7 nitrogen and oxygen atoms in total. The minimum Gasteiger partial charge on any atom is -0.320 e. The number of carbonyl (C=O) groups excluding carboxylic acids is 2. The number of halogens is 2. The summed E-state index contributed by atoms with van der Waals surface area (Å²) < 4.78 is 28.7. The van der Waals surface area contributed by atoms with E-state index >= 15 is 0 Å². The van der Waals surface area contributed by atoms with Crippen molar-refractivity contribution in [3.05, 3.63) is 64.5 Å². The summed E-state index contributed by atoms with van der Waals surface area (Å²) in [7, 11) is 1.42. The van der Waals surface area contributed by atoms with E-state index in [0.29, 0.717) is 11.0 Å². The molecule has 0 spiro atoms. The van der Waals surface area contributed by atoms with Crippen LogP contribution in [0.1, 0.15) is 13.3 Å². The lowest BCUT2D eigenvalue weighted by Gasteiger charge is -2.18. The van der Waals surface area contributed by atoms with E-state index in [4.69, 9.17) is 0 Å². The summed E-state index contributed by atoms with van der Waals surface area (Å²) in [6.45, 7) is 1.13. The Bertz CT molecular complexity index is 1140. The van der Waals surface area contributed by atoms with Gasteiger partial charge >= 0.3 is 0 Å². The van der Waals surface area contributed by atoms with E-state index in [0.717, 1.165) is 21.6 Å². The average Bonchev–Trinajstić information content (AvgIpc) is 2.71. The zero-order valence-electron chi connectivity index (χ0n) is 15.8. The summed E-state index contributed by atoms with van der Waals surface area (Å²) in [5.74, 6) is -3.13. The maximum Gasteiger partial charge on any atom is 0.294 e. The van der Waals surface area contributed by atoms with Crippen molar-refractivity contribution in [3.8, 4) is 0 Å². The highest BCUT2D eigenvalue weighted by Crippen LogP contribution is 2.19. The highest BCUT2D eigenvalue weighted by atomic mass is 19.1. The van der Waals surface area contributed by atoms with Crippen molar-refractivity contribution in [2.75, 3.05) is 17.3 Å². The first-order valence-corrected chi connectivity index (χ1v) is 8.83. The summed E-state index contributed by atoms with van der Waals surface area (Å²) in [6, 6.07) is 9.78. The van der Waals surface area contributed by atoms with Crippen LogP contribution >= 0.6 is 0 Å². The molecule has 0 radical (unpaired) electrons. The maximum absolute atomic E-state index is 13.8. The van der Waals surface area contributed by atoms with Gasteiger partial charge < -0.3 is 5.32 Å². The van der Waals surface area contributed by atoms with Crippen LogP contribution in [0, 0.1) is 11.6 Å². The second-order valence-electron chi connectivity index (χ2n) is 6.27. The number of rotatable bonds is 5. The van der Waals surface area contributed by atoms with Crippen LogP contribution in [-0.4, -0.2) is 28.4 Å². The molecular formula is C20H18F2N4O3. The van der Waals surface area contributed by atoms with Gasteiger partial charge in [-0.3, -0.25) is 23.9 Å². The van der Waals surface area contributed by atoms with Crippen LogP contribution in [0.5, 0.6) is 0 Å². The van der Waals surface area contributed by atoms with Gasteiger partial charge in [0, 0.05) is 13.5 Å². The van der Waals surface area contributed by atoms with E-state index in [1.165, 1.54) is 13.1 Å². The van der Waals surface area contributed by atoms with Gasteiger partial charge in [0.05, 0.1) is 11.0 Å². The summed E-state index contributed by atoms with van der Waals surface area (Å²) in [4.78, 5) is 42.8. The quantitative estimate of drug-likeness (QED) is 0.714. The molecule has 3 aromatic rings. The number of para-hydroxylation sites is 3. The Morgan fingerprint density at radius 2 is 1.76 bits per heavy atom. The molecule has 2 aromatic carbocycles. The molecule has 29 heavy (non-hydrogen) atoms. The largest absolute Gasteiger partial charge is 0.320 e. The SMILES string of the molecule is CCC(=O)N(C)c1nc2ccccc2n(CC(=O)Nc2c(F)cccc2F)c1=O. The second-order valence-corrected chi connectivity index (χ2v) is 6.27. The molecule has 0 bridgehead atoms. The Labute approximate surface area is 164 Å². The average molecular weight is 400 g/mol. The van der Waals surface area contributed by atoms with E-state index < -0.39 is 35.3 Å². The number of aromatic nitrogens is 2. The van der Waals surface area contributed by atoms with Crippen molar-refractivity contribution in [3.63, 3.8) is 0 Å². The molecule has 0 aliphatic rings. The third-order valence-electron chi connectivity index (χ3n) is 4.36. The van der Waals surface area contributed by atoms with E-state index in [9.17, 15) is 23.2 Å². The van der Waals surface area contributed by atoms with Crippen LogP contribution in [-0.2, 0) is 16.1 Å². The molecule has 0 aliphatic carbocycles. The minimum absolute atomic E-state index is 0.138. The number of nitrogens with one attached hydrogen (secondary N) is 1. The molecule has 0 unspecified atom stereocenters. The lowest BCUT2D eigenvalue weighted by Crippen LogP contribution is -2.36. The van der Waals surface area contributed by atoms with E-state index in [1.807, 2.05) is 0 Å². The molecule has 0 fully saturated rings. The third-order valence-corrected chi connectivity index (χ3v) is 4.36. The first-order valence-electron chi connectivity index (χ1n) is 8.83. The van der Waals surface area contributed by atoms with Gasteiger partial charge in [0.15, 0.2) is 0 Å². The summed E-state index contributed by atoms with van der Waals surface area (Å²) in [6.07, 6.45) is 0.164. The van der Waals surface area contributed by atoms with E-state index in [2.05, 4.69) is 10.3 Å². The zero-order chi connectivity index (χ0) is 21.1. The van der Waals surface area contributed by atoms with Crippen LogP contribution in [0.15, 0.2) is 47.3 Å². The van der Waals surface area contributed by atoms with Crippen LogP contribution < -0.4 is 15.8 Å². The molecule has 9 heteroatoms. The molecule has 0 atom stereocenters. The Hall–Kier alpha value is -3.62. The Balaban J connectivity index is 2.04. The zero-order valence-corrected chi connectivity index (χ0v) is 15.8. The Morgan fingerprint density at radius 1 is 1.10 bits per heavy atom. The lowest BCUT2D eigenvalue weighted by molar-refractivity contribution is -0.118. The highest BCUT2D eigenvalue weighted by Gasteiger charge is 2.20. The first kappa shape index (κ1) is 20.1. The number of benzene rings is 2. The predicted molar refractivity (Wildman–Crippen MR) is 105 cm³/mol. The summed E-state index contributed by atoms with van der Waals surface area (Å²) in [5.41, 5.74) is -0.523. The van der Waals surface area contributed by atoms with Crippen LogP contribution in [0.4, 0.5) is 20.3 Å². The number of hydrogen-bond donors (Lipinski definition) is 1. The molecule has 0 saturated heterocycles. The molecule has 1 heterocycles. The van der Waals surface area contributed by atoms with Crippen molar-refractivity contribution in [2.24, 2.45) is 0 Å². The lowest BCUT2D eigenvalue weighted by atomic mass is 10.2. The molecular weight excluding hydrogens is 382 g/mol. The second kappa shape index (κ2) is 8.17. The monoisotopic (exact) mass is 400 g/mol. The molecule has 0 aliphatic heterocycles. The van der Waals surface area contributed by atoms with Gasteiger partial charge in [-0.2, -0.15) is 0 Å². The molecule has 0 saturated carbocycles. The van der Waals surface area contributed by atoms with Gasteiger partial charge in [-0.1, -0.05) is 25.1 Å². The van der Waals surface area contributed by atoms with Gasteiger partial charge in [-0.05, 0) is 24.3 Å². The van der Waals surface area contributed by atoms with E-state index in [-0.39, 0.29) is 18.1 Å². The number of carbonyl (C=O) groups is 2. The minimum atomic E-state index is -0.931. The van der Waals surface area contributed by atoms with Gasteiger partial charge in [-0.25, -0.2) is 13.8 Å². The number of amides is 2. The Morgan fingerprint density at radius 3 is 2.41 bits per heavy atom. The summed E-state index contributed by atoms with van der Waals surface area (Å²) >= 11 is 0. The van der Waals surface area contributed by atoms with Crippen molar-refractivity contribution < 1.29 is 18.4 Å². The fourth-order valence-electron chi connectivity index (χ4n) is 2.85. The fourth-order valence-corrected chi connectivity index (χ4v) is 2.85. The predicted octanol–water partition coefficient (Wildman–Crippen LogP) is 2.69. The number of hydrogen-bond acceptors (Lipinski definition) is 4. The molecule has 1 N–H and O–H groups in total. The molecule has 2 amide bonds. The number of anilines is 2. The number of fused-ring (bicyclic) bond motifs is 1. The standard InChI is InChI=1S/C20H18F2N4O3/c1-3-17(28)25(2)19-20(29)26(15-10-5-4-9-14(15)23-19)11-16(27)24-18-12(21)7-6-8-13(18)22/h4-10H,3,11H2,1-2H3,(H,24,27). The van der Waals surface area contributed by atoms with Gasteiger partial charge in [0.2, 0.25) is 17.6 Å². The molecule has 150 valence electrons. The molecule has 1 aromatic heterocycles. The summed E-state index contributed by atoms with van der Waals surface area (Å²) in [5, 5.41) is 2.15. The highest BCUT2D eigenvalue weighted by molar-refractivity contribution is 5.94. The Kier molecular flexibility index (Phi) is 5.67. The third kappa shape index (κ3) is 3.98. The van der Waals surface area contributed by atoms with Gasteiger partial charge in [0.1, 0.15) is 23.9 Å². The number of nitrogens with zero attached hydrogens (tertiary/aromatic N) is 3. The van der Waals surface area contributed by atoms with Crippen molar-refractivity contribution in [1.29, 1.82) is 0 Å². The van der Waals surface area contributed by atoms with Gasteiger partial charge in [-0.15, -0.1) is 0 Å². The van der Waals surface area contributed by atoms with Gasteiger partial charge in [0.25, 0.3) is 5.56 Å². The van der Waals surface area contributed by atoms with Crippen LogP contribution in [0.3, 0.4) is 0 Å². The topological polar surface area (TPSA) is 84.3 Å². The van der Waals surface area contributed by atoms with Crippen molar-refractivity contribution >= 4 is 34.4 Å².